The van der Waals surface area contributed by atoms with Crippen molar-refractivity contribution in [3.05, 3.63) is 85.1 Å². The summed E-state index contributed by atoms with van der Waals surface area (Å²) in [6, 6.07) is -0.726. The number of ether oxygens (including phenoxy) is 1. The van der Waals surface area contributed by atoms with E-state index in [1.807, 2.05) is 12.2 Å². The molecule has 1 amide bonds. The first-order chi connectivity index (χ1) is 28.5. The maximum Gasteiger partial charge on any atom is 0.306 e. The summed E-state index contributed by atoms with van der Waals surface area (Å²) in [5.41, 5.74) is 0. The molecule has 0 aliphatic heterocycles. The fourth-order valence-corrected chi connectivity index (χ4v) is 6.66. The number of esters is 1. The SMILES string of the molecule is CC/C=C/C=C/C=C\CCCCCC(CC(=O)NC(CO)C(O)CCCCCCCCCCCCC)OC(=O)CCC/C=C\C/C=C\C/C=C\C/C=C\CCCCC. The molecule has 0 aromatic heterocycles. The summed E-state index contributed by atoms with van der Waals surface area (Å²) in [7, 11) is 0. The van der Waals surface area contributed by atoms with Crippen molar-refractivity contribution >= 4 is 11.9 Å². The highest BCUT2D eigenvalue weighted by Crippen LogP contribution is 2.16. The van der Waals surface area contributed by atoms with E-state index in [0.29, 0.717) is 25.7 Å². The second kappa shape index (κ2) is 45.1. The van der Waals surface area contributed by atoms with Crippen molar-refractivity contribution in [1.82, 2.24) is 5.32 Å². The summed E-state index contributed by atoms with van der Waals surface area (Å²) in [5.74, 6) is -0.585. The van der Waals surface area contributed by atoms with Crippen LogP contribution in [0.25, 0.3) is 0 Å². The highest BCUT2D eigenvalue weighted by Gasteiger charge is 2.24. The number of unbranched alkanes of at least 4 members (excludes halogenated alkanes) is 17. The number of rotatable bonds is 41. The van der Waals surface area contributed by atoms with E-state index >= 15 is 0 Å². The van der Waals surface area contributed by atoms with Crippen molar-refractivity contribution in [1.29, 1.82) is 0 Å². The summed E-state index contributed by atoms with van der Waals surface area (Å²) in [5, 5.41) is 23.6. The molecule has 332 valence electrons. The Bertz CT molecular complexity index is 1130. The van der Waals surface area contributed by atoms with Crippen LogP contribution in [0.15, 0.2) is 85.1 Å². The number of aliphatic hydroxyl groups excluding tert-OH is 2. The third kappa shape index (κ3) is 39.8. The maximum absolute atomic E-state index is 13.1. The van der Waals surface area contributed by atoms with Gasteiger partial charge in [-0.15, -0.1) is 0 Å². The average molecular weight is 808 g/mol. The molecule has 0 rings (SSSR count). The molecule has 0 spiro atoms. The van der Waals surface area contributed by atoms with Crippen molar-refractivity contribution in [2.45, 2.75) is 225 Å². The Morgan fingerprint density at radius 1 is 0.534 bits per heavy atom. The average Bonchev–Trinajstić information content (AvgIpc) is 3.22. The molecular formula is C52H89NO5. The van der Waals surface area contributed by atoms with Crippen LogP contribution in [-0.2, 0) is 14.3 Å². The van der Waals surface area contributed by atoms with Crippen molar-refractivity contribution in [2.75, 3.05) is 6.61 Å². The summed E-state index contributed by atoms with van der Waals surface area (Å²) < 4.78 is 5.86. The molecule has 0 bridgehead atoms. The molecule has 0 radical (unpaired) electrons. The number of amides is 1. The van der Waals surface area contributed by atoms with Gasteiger partial charge in [-0.2, -0.15) is 0 Å². The number of hydrogen-bond donors (Lipinski definition) is 3. The van der Waals surface area contributed by atoms with Gasteiger partial charge in [0, 0.05) is 6.42 Å². The number of carbonyl (C=O) groups excluding carboxylic acids is 2. The van der Waals surface area contributed by atoms with Gasteiger partial charge in [-0.25, -0.2) is 0 Å². The lowest BCUT2D eigenvalue weighted by molar-refractivity contribution is -0.151. The molecule has 58 heavy (non-hydrogen) atoms. The zero-order valence-electron chi connectivity index (χ0n) is 37.6. The van der Waals surface area contributed by atoms with Gasteiger partial charge < -0.3 is 20.3 Å². The fraction of sp³-hybridized carbons (Fsp3) is 0.692. The van der Waals surface area contributed by atoms with Crippen LogP contribution in [0.5, 0.6) is 0 Å². The van der Waals surface area contributed by atoms with Gasteiger partial charge >= 0.3 is 5.97 Å². The lowest BCUT2D eigenvalue weighted by Gasteiger charge is -2.24. The fourth-order valence-electron chi connectivity index (χ4n) is 6.66. The zero-order chi connectivity index (χ0) is 42.4. The number of aliphatic hydroxyl groups is 2. The molecule has 0 aromatic rings. The number of nitrogens with one attached hydrogen (secondary N) is 1. The van der Waals surface area contributed by atoms with Gasteiger partial charge in [-0.3, -0.25) is 9.59 Å². The smallest absolute Gasteiger partial charge is 0.306 e. The van der Waals surface area contributed by atoms with Crippen LogP contribution in [0.4, 0.5) is 0 Å². The topological polar surface area (TPSA) is 95.9 Å². The molecule has 0 aliphatic carbocycles. The number of carbonyl (C=O) groups is 2. The summed E-state index contributed by atoms with van der Waals surface area (Å²) in [6.07, 6.45) is 57.9. The first-order valence-corrected chi connectivity index (χ1v) is 23.8. The first-order valence-electron chi connectivity index (χ1n) is 23.8. The standard InChI is InChI=1S/C52H89NO5/c1-4-7-10-13-16-19-22-23-24-25-26-27-30-33-36-39-42-45-52(57)58-48(43-40-37-34-31-28-20-17-14-11-8-5-2)46-51(56)53-49(47-54)50(55)44-41-38-35-32-29-21-18-15-12-9-6-3/h8,11,14,16-17,19-20,23-24,26-28,33,36,48-50,54-55H,4-7,9-10,12-13,15,18,21-22,25,29-32,34-35,37-47H2,1-3H3,(H,53,56)/b11-8+,17-14+,19-16-,24-23-,27-26-,28-20-,36-33-. The lowest BCUT2D eigenvalue weighted by Crippen LogP contribution is -2.46. The van der Waals surface area contributed by atoms with Gasteiger partial charge in [0.2, 0.25) is 5.91 Å². The van der Waals surface area contributed by atoms with Gasteiger partial charge in [0.1, 0.15) is 6.10 Å². The normalized spacial score (nSPS) is 14.1. The Balaban J connectivity index is 4.71. The predicted molar refractivity (Wildman–Crippen MR) is 250 cm³/mol. The molecule has 6 heteroatoms. The van der Waals surface area contributed by atoms with Crippen LogP contribution in [0.1, 0.15) is 207 Å². The van der Waals surface area contributed by atoms with Crippen molar-refractivity contribution in [3.63, 3.8) is 0 Å². The van der Waals surface area contributed by atoms with Gasteiger partial charge in [-0.05, 0) is 83.5 Å². The molecule has 0 aromatic carbocycles. The van der Waals surface area contributed by atoms with Gasteiger partial charge in [0.25, 0.3) is 0 Å². The highest BCUT2D eigenvalue weighted by molar-refractivity contribution is 5.77. The monoisotopic (exact) mass is 808 g/mol. The predicted octanol–water partition coefficient (Wildman–Crippen LogP) is 14.0. The lowest BCUT2D eigenvalue weighted by atomic mass is 10.0. The van der Waals surface area contributed by atoms with Crippen molar-refractivity contribution in [3.8, 4) is 0 Å². The maximum atomic E-state index is 13.1. The number of allylic oxidation sites excluding steroid dienone is 14. The Morgan fingerprint density at radius 3 is 1.59 bits per heavy atom. The minimum Gasteiger partial charge on any atom is -0.462 e. The van der Waals surface area contributed by atoms with Crippen LogP contribution < -0.4 is 5.32 Å². The summed E-state index contributed by atoms with van der Waals surface area (Å²) in [4.78, 5) is 26.0. The molecule has 3 atom stereocenters. The second-order valence-corrected chi connectivity index (χ2v) is 15.8. The Kier molecular flexibility index (Phi) is 42.8. The van der Waals surface area contributed by atoms with Crippen LogP contribution >= 0.6 is 0 Å². The van der Waals surface area contributed by atoms with E-state index in [0.717, 1.165) is 77.0 Å². The second-order valence-electron chi connectivity index (χ2n) is 15.8. The zero-order valence-corrected chi connectivity index (χ0v) is 37.6. The quantitative estimate of drug-likeness (QED) is 0.0247. The van der Waals surface area contributed by atoms with Crippen molar-refractivity contribution in [2.24, 2.45) is 0 Å². The van der Waals surface area contributed by atoms with Crippen LogP contribution in [0.3, 0.4) is 0 Å². The third-order valence-corrected chi connectivity index (χ3v) is 10.3. The van der Waals surface area contributed by atoms with Crippen LogP contribution in [-0.4, -0.2) is 46.9 Å². The van der Waals surface area contributed by atoms with Gasteiger partial charge in [0.15, 0.2) is 0 Å². The van der Waals surface area contributed by atoms with Crippen molar-refractivity contribution < 1.29 is 24.5 Å². The Labute approximate surface area is 357 Å². The molecule has 0 aliphatic rings. The molecule has 0 fully saturated rings. The number of hydrogen-bond acceptors (Lipinski definition) is 5. The third-order valence-electron chi connectivity index (χ3n) is 10.3. The summed E-state index contributed by atoms with van der Waals surface area (Å²) >= 11 is 0. The molecule has 3 unspecified atom stereocenters. The molecule has 3 N–H and O–H groups in total. The van der Waals surface area contributed by atoms with E-state index in [1.165, 1.54) is 77.0 Å². The molecule has 0 heterocycles. The Hall–Kier alpha value is -2.96. The molecular weight excluding hydrogens is 719 g/mol. The highest BCUT2D eigenvalue weighted by atomic mass is 16.5. The van der Waals surface area contributed by atoms with E-state index in [9.17, 15) is 19.8 Å². The van der Waals surface area contributed by atoms with Crippen LogP contribution in [0, 0.1) is 0 Å². The van der Waals surface area contributed by atoms with Gasteiger partial charge in [0.05, 0.1) is 25.2 Å². The van der Waals surface area contributed by atoms with E-state index in [1.54, 1.807) is 0 Å². The van der Waals surface area contributed by atoms with E-state index in [2.05, 4.69) is 99.0 Å². The van der Waals surface area contributed by atoms with Gasteiger partial charge in [-0.1, -0.05) is 196 Å². The molecule has 6 nitrogen and oxygen atoms in total. The Morgan fingerprint density at radius 2 is 1.00 bits per heavy atom. The first kappa shape index (κ1) is 55.0. The minimum atomic E-state index is -0.808. The van der Waals surface area contributed by atoms with Crippen LogP contribution in [0.2, 0.25) is 0 Å². The summed E-state index contributed by atoms with van der Waals surface area (Å²) in [6.45, 7) is 6.27. The minimum absolute atomic E-state index is 0.0283. The molecule has 0 saturated heterocycles. The van der Waals surface area contributed by atoms with E-state index in [4.69, 9.17) is 4.74 Å². The van der Waals surface area contributed by atoms with E-state index < -0.39 is 18.2 Å². The van der Waals surface area contributed by atoms with E-state index in [-0.39, 0.29) is 24.9 Å². The molecule has 0 saturated carbocycles. The largest absolute Gasteiger partial charge is 0.462 e.